The molecule has 0 aromatic carbocycles. The molecule has 5 aliphatic rings. The first kappa shape index (κ1) is 12.3. The number of allylic oxidation sites excluding steroid dienone is 2. The molecule has 4 aliphatic carbocycles. The molecule has 4 nitrogen and oxygen atoms in total. The minimum Gasteiger partial charge on any atom is -0.462 e. The molecular weight excluding hydrogens is 256 g/mol. The molecule has 1 aliphatic heterocycles. The summed E-state index contributed by atoms with van der Waals surface area (Å²) in [5.74, 6) is -0.517. The van der Waals surface area contributed by atoms with Gasteiger partial charge < -0.3 is 9.84 Å². The Hall–Kier alpha value is -1.42. The first-order valence-electron chi connectivity index (χ1n) is 7.31. The Morgan fingerprint density at radius 2 is 2.00 bits per heavy atom. The molecule has 5 rings (SSSR count). The van der Waals surface area contributed by atoms with Crippen molar-refractivity contribution in [3.05, 3.63) is 24.3 Å². The minimum atomic E-state index is -1.51. The van der Waals surface area contributed by atoms with E-state index < -0.39 is 22.4 Å². The van der Waals surface area contributed by atoms with E-state index in [1.807, 2.05) is 24.3 Å². The second-order valence-corrected chi connectivity index (χ2v) is 6.68. The molecule has 1 N–H and O–H groups in total. The maximum atomic E-state index is 12.3. The highest BCUT2D eigenvalue weighted by molar-refractivity contribution is 5.91. The van der Waals surface area contributed by atoms with Gasteiger partial charge in [0.2, 0.25) is 0 Å². The number of aliphatic hydroxyl groups is 1. The van der Waals surface area contributed by atoms with E-state index in [9.17, 15) is 14.7 Å². The Morgan fingerprint density at radius 1 is 1.25 bits per heavy atom. The molecule has 4 fully saturated rings. The van der Waals surface area contributed by atoms with Crippen molar-refractivity contribution in [3.8, 4) is 0 Å². The zero-order valence-corrected chi connectivity index (χ0v) is 11.3. The van der Waals surface area contributed by atoms with Gasteiger partial charge in [0.1, 0.15) is 12.4 Å². The maximum Gasteiger partial charge on any atom is 0.338 e. The smallest absolute Gasteiger partial charge is 0.338 e. The highest BCUT2D eigenvalue weighted by Gasteiger charge is 2.73. The number of esters is 1. The van der Waals surface area contributed by atoms with Crippen LogP contribution in [0.5, 0.6) is 0 Å². The molecule has 1 saturated heterocycles. The van der Waals surface area contributed by atoms with Crippen LogP contribution >= 0.6 is 0 Å². The van der Waals surface area contributed by atoms with Crippen molar-refractivity contribution in [2.75, 3.05) is 6.61 Å². The predicted molar refractivity (Wildman–Crippen MR) is 70.6 cm³/mol. The van der Waals surface area contributed by atoms with Crippen LogP contribution in [-0.4, -0.2) is 29.1 Å². The van der Waals surface area contributed by atoms with Crippen LogP contribution in [0.4, 0.5) is 0 Å². The summed E-state index contributed by atoms with van der Waals surface area (Å²) in [5, 5.41) is 11.1. The van der Waals surface area contributed by atoms with Crippen molar-refractivity contribution in [2.24, 2.45) is 16.7 Å². The van der Waals surface area contributed by atoms with E-state index in [4.69, 9.17) is 4.74 Å². The van der Waals surface area contributed by atoms with Crippen molar-refractivity contribution < 1.29 is 19.4 Å². The Bertz CT molecular complexity index is 549. The summed E-state index contributed by atoms with van der Waals surface area (Å²) in [5.41, 5.74) is -2.74. The van der Waals surface area contributed by atoms with E-state index in [2.05, 4.69) is 0 Å². The van der Waals surface area contributed by atoms with E-state index in [0.29, 0.717) is 6.42 Å². The first-order chi connectivity index (χ1) is 9.53. The van der Waals surface area contributed by atoms with Gasteiger partial charge in [-0.25, -0.2) is 4.79 Å². The van der Waals surface area contributed by atoms with Crippen LogP contribution in [0.15, 0.2) is 24.3 Å². The Labute approximate surface area is 117 Å². The molecule has 0 aromatic heterocycles. The SMILES string of the molecule is O=C1C[C@@]23CC[C@@H]1C[C@]2(O)C(=O)OCC31C=CCC=C1. The summed E-state index contributed by atoms with van der Waals surface area (Å²) in [7, 11) is 0. The summed E-state index contributed by atoms with van der Waals surface area (Å²) in [6.07, 6.45) is 11.0. The van der Waals surface area contributed by atoms with E-state index in [1.54, 1.807) is 0 Å². The number of cyclic esters (lactones) is 1. The van der Waals surface area contributed by atoms with Crippen LogP contribution in [0.2, 0.25) is 0 Å². The number of ether oxygens (including phenoxy) is 1. The Balaban J connectivity index is 1.93. The number of carbonyl (C=O) groups excluding carboxylic acids is 2. The van der Waals surface area contributed by atoms with Gasteiger partial charge in [0, 0.05) is 23.2 Å². The second kappa shape index (κ2) is 3.61. The number of ketones is 1. The lowest BCUT2D eigenvalue weighted by molar-refractivity contribution is -0.245. The number of hydrogen-bond donors (Lipinski definition) is 1. The van der Waals surface area contributed by atoms with Crippen LogP contribution in [0.25, 0.3) is 0 Å². The van der Waals surface area contributed by atoms with Gasteiger partial charge in [0.15, 0.2) is 5.60 Å². The molecule has 3 atom stereocenters. The Kier molecular flexibility index (Phi) is 2.23. The molecule has 0 radical (unpaired) electrons. The third-order valence-corrected chi connectivity index (χ3v) is 5.96. The van der Waals surface area contributed by atoms with Gasteiger partial charge in [0.25, 0.3) is 0 Å². The average Bonchev–Trinajstić information content (AvgIpc) is 2.46. The molecule has 0 amide bonds. The quantitative estimate of drug-likeness (QED) is 0.537. The zero-order chi connectivity index (χ0) is 14.0. The van der Waals surface area contributed by atoms with Gasteiger partial charge in [-0.2, -0.15) is 0 Å². The molecule has 106 valence electrons. The third-order valence-electron chi connectivity index (χ3n) is 5.96. The fourth-order valence-corrected chi connectivity index (χ4v) is 4.84. The molecular formula is C16H18O4. The van der Waals surface area contributed by atoms with Gasteiger partial charge in [-0.1, -0.05) is 24.3 Å². The van der Waals surface area contributed by atoms with Crippen molar-refractivity contribution in [1.29, 1.82) is 0 Å². The van der Waals surface area contributed by atoms with Crippen LogP contribution < -0.4 is 0 Å². The lowest BCUT2D eigenvalue weighted by Gasteiger charge is -2.64. The highest BCUT2D eigenvalue weighted by Crippen LogP contribution is 2.66. The Morgan fingerprint density at radius 3 is 2.70 bits per heavy atom. The van der Waals surface area contributed by atoms with Gasteiger partial charge >= 0.3 is 5.97 Å². The molecule has 3 saturated carbocycles. The topological polar surface area (TPSA) is 63.6 Å². The first-order valence-corrected chi connectivity index (χ1v) is 7.31. The number of Topliss-reactive ketones (excluding diaryl/α,β-unsaturated/α-hetero) is 1. The van der Waals surface area contributed by atoms with E-state index >= 15 is 0 Å². The van der Waals surface area contributed by atoms with Crippen molar-refractivity contribution in [3.63, 3.8) is 0 Å². The summed E-state index contributed by atoms with van der Waals surface area (Å²) in [6.45, 7) is 0.235. The molecule has 0 unspecified atom stereocenters. The van der Waals surface area contributed by atoms with Crippen molar-refractivity contribution >= 4 is 11.8 Å². The van der Waals surface area contributed by atoms with Gasteiger partial charge in [-0.05, 0) is 25.7 Å². The largest absolute Gasteiger partial charge is 0.462 e. The number of hydrogen-bond acceptors (Lipinski definition) is 4. The van der Waals surface area contributed by atoms with Crippen LogP contribution in [-0.2, 0) is 14.3 Å². The fraction of sp³-hybridized carbons (Fsp3) is 0.625. The summed E-state index contributed by atoms with van der Waals surface area (Å²) >= 11 is 0. The van der Waals surface area contributed by atoms with Crippen LogP contribution in [0.1, 0.15) is 32.1 Å². The maximum absolute atomic E-state index is 12.3. The molecule has 2 bridgehead atoms. The van der Waals surface area contributed by atoms with E-state index in [1.165, 1.54) is 0 Å². The monoisotopic (exact) mass is 274 g/mol. The fourth-order valence-electron chi connectivity index (χ4n) is 4.84. The standard InChI is InChI=1S/C16H18O4/c17-12-9-15-7-4-11(12)8-16(15,19)13(18)20-10-14(15)5-2-1-3-6-14/h2-3,5-6,11,19H,1,4,7-10H2/t11-,15-,16+/m1/s1. The van der Waals surface area contributed by atoms with Crippen LogP contribution in [0.3, 0.4) is 0 Å². The van der Waals surface area contributed by atoms with Gasteiger partial charge in [-0.15, -0.1) is 0 Å². The predicted octanol–water partition coefficient (Wildman–Crippen LogP) is 1.54. The number of fused-ring (bicyclic) bond motifs is 2. The van der Waals surface area contributed by atoms with E-state index in [-0.39, 0.29) is 31.1 Å². The summed E-state index contributed by atoms with van der Waals surface area (Å²) in [6, 6.07) is 0. The summed E-state index contributed by atoms with van der Waals surface area (Å²) < 4.78 is 5.32. The minimum absolute atomic E-state index is 0.180. The lowest BCUT2D eigenvalue weighted by Crippen LogP contribution is -2.72. The average molecular weight is 274 g/mol. The zero-order valence-electron chi connectivity index (χ0n) is 11.3. The lowest BCUT2D eigenvalue weighted by atomic mass is 9.42. The summed E-state index contributed by atoms with van der Waals surface area (Å²) in [4.78, 5) is 24.5. The van der Waals surface area contributed by atoms with Crippen molar-refractivity contribution in [1.82, 2.24) is 0 Å². The molecule has 2 spiro atoms. The van der Waals surface area contributed by atoms with Crippen LogP contribution in [0, 0.1) is 16.7 Å². The third kappa shape index (κ3) is 1.17. The van der Waals surface area contributed by atoms with Gasteiger partial charge in [-0.3, -0.25) is 4.79 Å². The molecule has 0 aromatic rings. The number of carbonyl (C=O) groups is 2. The highest BCUT2D eigenvalue weighted by atomic mass is 16.6. The van der Waals surface area contributed by atoms with E-state index in [0.717, 1.165) is 12.8 Å². The molecule has 4 heteroatoms. The molecule has 1 heterocycles. The number of rotatable bonds is 0. The van der Waals surface area contributed by atoms with Gasteiger partial charge in [0.05, 0.1) is 0 Å². The normalized spacial score (nSPS) is 44.5. The second-order valence-electron chi connectivity index (χ2n) is 6.68. The van der Waals surface area contributed by atoms with Crippen molar-refractivity contribution in [2.45, 2.75) is 37.7 Å². The molecule has 20 heavy (non-hydrogen) atoms.